The molecule has 0 radical (unpaired) electrons. The molecule has 108 valence electrons. The quantitative estimate of drug-likeness (QED) is 0.731. The van der Waals surface area contributed by atoms with Crippen molar-refractivity contribution in [3.8, 4) is 11.5 Å². The van der Waals surface area contributed by atoms with Gasteiger partial charge in [-0.1, -0.05) is 17.3 Å². The van der Waals surface area contributed by atoms with Crippen molar-refractivity contribution in [3.63, 3.8) is 0 Å². The summed E-state index contributed by atoms with van der Waals surface area (Å²) < 4.78 is 15.3. The van der Waals surface area contributed by atoms with Gasteiger partial charge in [-0.2, -0.15) is 4.98 Å². The fourth-order valence-corrected chi connectivity index (χ4v) is 1.60. The number of benzene rings is 1. The Balaban J connectivity index is 1.70. The van der Waals surface area contributed by atoms with Gasteiger partial charge in [-0.05, 0) is 12.1 Å². The van der Waals surface area contributed by atoms with Crippen LogP contribution in [0.25, 0.3) is 0 Å². The molecule has 0 saturated heterocycles. The zero-order valence-electron chi connectivity index (χ0n) is 11.2. The summed E-state index contributed by atoms with van der Waals surface area (Å²) in [7, 11) is 1.57. The lowest BCUT2D eigenvalue weighted by Crippen LogP contribution is -2.31. The van der Waals surface area contributed by atoms with Gasteiger partial charge in [0.05, 0.1) is 13.7 Å². The van der Waals surface area contributed by atoms with E-state index in [9.17, 15) is 5.11 Å². The van der Waals surface area contributed by atoms with Gasteiger partial charge in [-0.15, -0.1) is 0 Å². The topological polar surface area (TPSA) is 89.6 Å². The SMILES string of the molecule is COc1ccccc1OCC(O)CNCc1ncon1. The van der Waals surface area contributed by atoms with Crippen LogP contribution < -0.4 is 14.8 Å². The number of aromatic nitrogens is 2. The van der Waals surface area contributed by atoms with Crippen LogP contribution in [0.5, 0.6) is 11.5 Å². The van der Waals surface area contributed by atoms with E-state index >= 15 is 0 Å². The fourth-order valence-electron chi connectivity index (χ4n) is 1.60. The van der Waals surface area contributed by atoms with Crippen LogP contribution in [-0.4, -0.2) is 41.6 Å². The van der Waals surface area contributed by atoms with E-state index in [1.54, 1.807) is 19.2 Å². The minimum Gasteiger partial charge on any atom is -0.493 e. The number of nitrogens with zero attached hydrogens (tertiary/aromatic N) is 2. The Morgan fingerprint density at radius 1 is 1.35 bits per heavy atom. The van der Waals surface area contributed by atoms with Gasteiger partial charge in [0.1, 0.15) is 12.7 Å². The third kappa shape index (κ3) is 4.22. The fraction of sp³-hybridized carbons (Fsp3) is 0.385. The van der Waals surface area contributed by atoms with Gasteiger partial charge in [-0.3, -0.25) is 0 Å². The standard InChI is InChI=1S/C13H17N3O4/c1-18-11-4-2-3-5-12(11)19-8-10(17)6-14-7-13-15-9-20-16-13/h2-5,9-10,14,17H,6-8H2,1H3. The lowest BCUT2D eigenvalue weighted by Gasteiger charge is -2.14. The molecule has 0 fully saturated rings. The second-order valence-electron chi connectivity index (χ2n) is 4.09. The second kappa shape index (κ2) is 7.46. The smallest absolute Gasteiger partial charge is 0.213 e. The van der Waals surface area contributed by atoms with Gasteiger partial charge in [0.25, 0.3) is 0 Å². The molecule has 2 rings (SSSR count). The number of para-hydroxylation sites is 2. The Hall–Kier alpha value is -2.12. The first kappa shape index (κ1) is 14.3. The lowest BCUT2D eigenvalue weighted by atomic mass is 10.3. The molecule has 7 nitrogen and oxygen atoms in total. The van der Waals surface area contributed by atoms with Crippen molar-refractivity contribution in [2.75, 3.05) is 20.3 Å². The van der Waals surface area contributed by atoms with Crippen LogP contribution in [0.1, 0.15) is 5.82 Å². The Morgan fingerprint density at radius 3 is 2.85 bits per heavy atom. The number of nitrogens with one attached hydrogen (secondary N) is 1. The minimum absolute atomic E-state index is 0.166. The second-order valence-corrected chi connectivity index (χ2v) is 4.09. The average molecular weight is 279 g/mol. The highest BCUT2D eigenvalue weighted by molar-refractivity contribution is 5.39. The number of hydrogen-bond acceptors (Lipinski definition) is 7. The van der Waals surface area contributed by atoms with Gasteiger partial charge in [-0.25, -0.2) is 0 Å². The highest BCUT2D eigenvalue weighted by Crippen LogP contribution is 2.25. The molecule has 0 amide bonds. The van der Waals surface area contributed by atoms with Crippen molar-refractivity contribution >= 4 is 0 Å². The molecular formula is C13H17N3O4. The van der Waals surface area contributed by atoms with E-state index in [1.807, 2.05) is 12.1 Å². The predicted molar refractivity (Wildman–Crippen MR) is 70.5 cm³/mol. The van der Waals surface area contributed by atoms with Crippen molar-refractivity contribution in [1.82, 2.24) is 15.5 Å². The third-order valence-corrected chi connectivity index (χ3v) is 2.57. The first-order chi connectivity index (χ1) is 9.79. The van der Waals surface area contributed by atoms with Crippen molar-refractivity contribution in [2.45, 2.75) is 12.6 Å². The van der Waals surface area contributed by atoms with E-state index in [0.29, 0.717) is 30.4 Å². The minimum atomic E-state index is -0.646. The predicted octanol–water partition coefficient (Wildman–Crippen LogP) is 0.608. The number of ether oxygens (including phenoxy) is 2. The molecule has 0 aliphatic rings. The van der Waals surface area contributed by atoms with Crippen molar-refractivity contribution in [1.29, 1.82) is 0 Å². The zero-order chi connectivity index (χ0) is 14.2. The van der Waals surface area contributed by atoms with Crippen LogP contribution in [-0.2, 0) is 6.54 Å². The van der Waals surface area contributed by atoms with Crippen LogP contribution in [0.4, 0.5) is 0 Å². The Morgan fingerprint density at radius 2 is 2.15 bits per heavy atom. The van der Waals surface area contributed by atoms with Gasteiger partial charge in [0, 0.05) is 6.54 Å². The number of methoxy groups -OCH3 is 1. The van der Waals surface area contributed by atoms with Gasteiger partial charge in [0.2, 0.25) is 6.39 Å². The van der Waals surface area contributed by atoms with Crippen LogP contribution in [0.15, 0.2) is 35.2 Å². The van der Waals surface area contributed by atoms with Crippen LogP contribution >= 0.6 is 0 Å². The van der Waals surface area contributed by atoms with E-state index in [1.165, 1.54) is 6.39 Å². The highest BCUT2D eigenvalue weighted by atomic mass is 16.5. The molecule has 0 aliphatic heterocycles. The molecule has 1 atom stereocenters. The maximum atomic E-state index is 9.81. The third-order valence-electron chi connectivity index (χ3n) is 2.57. The molecule has 2 N–H and O–H groups in total. The zero-order valence-corrected chi connectivity index (χ0v) is 11.2. The van der Waals surface area contributed by atoms with Crippen molar-refractivity contribution < 1.29 is 19.1 Å². The molecule has 20 heavy (non-hydrogen) atoms. The summed E-state index contributed by atoms with van der Waals surface area (Å²) in [6.07, 6.45) is 0.616. The molecule has 0 spiro atoms. The van der Waals surface area contributed by atoms with Gasteiger partial charge >= 0.3 is 0 Å². The largest absolute Gasteiger partial charge is 0.493 e. The van der Waals surface area contributed by atoms with E-state index < -0.39 is 6.10 Å². The monoisotopic (exact) mass is 279 g/mol. The van der Waals surface area contributed by atoms with Crippen LogP contribution in [0, 0.1) is 0 Å². The molecule has 1 unspecified atom stereocenters. The summed E-state index contributed by atoms with van der Waals surface area (Å²) in [5.74, 6) is 1.79. The number of rotatable bonds is 8. The van der Waals surface area contributed by atoms with Crippen LogP contribution in [0.2, 0.25) is 0 Å². The molecule has 0 aliphatic carbocycles. The highest BCUT2D eigenvalue weighted by Gasteiger charge is 2.08. The molecule has 0 bridgehead atoms. The molecule has 0 saturated carbocycles. The number of hydrogen-bond donors (Lipinski definition) is 2. The number of aliphatic hydroxyl groups is 1. The van der Waals surface area contributed by atoms with Crippen molar-refractivity contribution in [2.24, 2.45) is 0 Å². The normalized spacial score (nSPS) is 12.1. The summed E-state index contributed by atoms with van der Waals surface area (Å²) in [4.78, 5) is 3.86. The summed E-state index contributed by atoms with van der Waals surface area (Å²) in [6, 6.07) is 7.29. The van der Waals surface area contributed by atoms with Crippen LogP contribution in [0.3, 0.4) is 0 Å². The molecule has 1 aromatic heterocycles. The first-order valence-electron chi connectivity index (χ1n) is 6.19. The summed E-state index contributed by atoms with van der Waals surface area (Å²) in [6.45, 7) is 0.964. The lowest BCUT2D eigenvalue weighted by molar-refractivity contribution is 0.104. The average Bonchev–Trinajstić information content (AvgIpc) is 2.98. The summed E-state index contributed by atoms with van der Waals surface area (Å²) >= 11 is 0. The van der Waals surface area contributed by atoms with Gasteiger partial charge < -0.3 is 24.4 Å². The Bertz CT molecular complexity index is 504. The summed E-state index contributed by atoms with van der Waals surface area (Å²) in [5.41, 5.74) is 0. The van der Waals surface area contributed by atoms with E-state index in [-0.39, 0.29) is 6.61 Å². The maximum Gasteiger partial charge on any atom is 0.213 e. The van der Waals surface area contributed by atoms with Crippen molar-refractivity contribution in [3.05, 3.63) is 36.5 Å². The molecular weight excluding hydrogens is 262 g/mol. The van der Waals surface area contributed by atoms with E-state index in [0.717, 1.165) is 0 Å². The molecule has 7 heteroatoms. The Kier molecular flexibility index (Phi) is 5.33. The molecule has 2 aromatic rings. The summed E-state index contributed by atoms with van der Waals surface area (Å²) in [5, 5.41) is 16.5. The molecule has 1 heterocycles. The van der Waals surface area contributed by atoms with E-state index in [2.05, 4.69) is 20.0 Å². The van der Waals surface area contributed by atoms with E-state index in [4.69, 9.17) is 9.47 Å². The first-order valence-corrected chi connectivity index (χ1v) is 6.19. The molecule has 1 aromatic carbocycles. The Labute approximate surface area is 116 Å². The van der Waals surface area contributed by atoms with Gasteiger partial charge in [0.15, 0.2) is 17.3 Å². The maximum absolute atomic E-state index is 9.81. The number of aliphatic hydroxyl groups excluding tert-OH is 1.